The summed E-state index contributed by atoms with van der Waals surface area (Å²) in [5.74, 6) is 1.24. The van der Waals surface area contributed by atoms with Gasteiger partial charge in [-0.2, -0.15) is 0 Å². The summed E-state index contributed by atoms with van der Waals surface area (Å²) in [6.07, 6.45) is 1.39. The molecular weight excluding hydrogens is 467 g/mol. The van der Waals surface area contributed by atoms with Gasteiger partial charge in [-0.1, -0.05) is 27.7 Å². The van der Waals surface area contributed by atoms with E-state index in [9.17, 15) is 8.42 Å². The van der Waals surface area contributed by atoms with E-state index in [0.29, 0.717) is 37.1 Å². The molecule has 7 nitrogen and oxygen atoms in total. The molecule has 9 heteroatoms. The molecule has 1 aliphatic carbocycles. The summed E-state index contributed by atoms with van der Waals surface area (Å²) in [5, 5.41) is 6.74. The van der Waals surface area contributed by atoms with Gasteiger partial charge in [0.05, 0.1) is 18.4 Å². The van der Waals surface area contributed by atoms with E-state index in [1.54, 1.807) is 0 Å². The van der Waals surface area contributed by atoms with E-state index < -0.39 is 10.0 Å². The second-order valence-corrected chi connectivity index (χ2v) is 9.44. The molecule has 1 heterocycles. The average Bonchev–Trinajstić information content (AvgIpc) is 3.00. The van der Waals surface area contributed by atoms with E-state index in [1.807, 2.05) is 20.8 Å². The zero-order valence-corrected chi connectivity index (χ0v) is 19.8. The van der Waals surface area contributed by atoms with Crippen LogP contribution in [0.2, 0.25) is 0 Å². The maximum absolute atomic E-state index is 12.3. The Balaban J connectivity index is 0.00000338. The van der Waals surface area contributed by atoms with Crippen LogP contribution in [0.25, 0.3) is 0 Å². The minimum atomic E-state index is -3.24. The van der Waals surface area contributed by atoms with E-state index in [1.165, 1.54) is 4.31 Å². The second-order valence-electron chi connectivity index (χ2n) is 7.35. The topological polar surface area (TPSA) is 83.0 Å². The van der Waals surface area contributed by atoms with E-state index in [-0.39, 0.29) is 41.7 Å². The number of aliphatic imine (C=N–C) groups is 1. The number of ether oxygens (including phenoxy) is 1. The molecule has 0 aromatic carbocycles. The highest BCUT2D eigenvalue weighted by atomic mass is 127. The third-order valence-electron chi connectivity index (χ3n) is 5.45. The number of nitrogens with one attached hydrogen (secondary N) is 2. The van der Waals surface area contributed by atoms with Gasteiger partial charge in [0.15, 0.2) is 5.96 Å². The van der Waals surface area contributed by atoms with E-state index in [4.69, 9.17) is 4.74 Å². The third-order valence-corrected chi connectivity index (χ3v) is 7.46. The van der Waals surface area contributed by atoms with Crippen molar-refractivity contribution < 1.29 is 13.2 Å². The van der Waals surface area contributed by atoms with Crippen LogP contribution >= 0.6 is 24.0 Å². The van der Waals surface area contributed by atoms with Gasteiger partial charge in [-0.25, -0.2) is 12.7 Å². The SMILES string of the molecule is CCNC(=NCCS(=O)(=O)N(CC)CC)NC1C2CCOC2C1(C)C.I. The number of sulfonamides is 1. The number of fused-ring (bicyclic) bond motifs is 1. The van der Waals surface area contributed by atoms with E-state index in [2.05, 4.69) is 29.5 Å². The molecule has 0 radical (unpaired) electrons. The van der Waals surface area contributed by atoms with Crippen LogP contribution < -0.4 is 10.6 Å². The predicted molar refractivity (Wildman–Crippen MR) is 117 cm³/mol. The molecule has 0 spiro atoms. The Morgan fingerprint density at radius 2 is 1.92 bits per heavy atom. The van der Waals surface area contributed by atoms with Crippen LogP contribution in [0.5, 0.6) is 0 Å². The van der Waals surface area contributed by atoms with Gasteiger partial charge in [-0.05, 0) is 13.3 Å². The summed E-state index contributed by atoms with van der Waals surface area (Å²) in [7, 11) is -3.24. The molecule has 0 bridgehead atoms. The van der Waals surface area contributed by atoms with Crippen LogP contribution in [0.1, 0.15) is 41.0 Å². The molecule has 1 saturated carbocycles. The fourth-order valence-electron chi connectivity index (χ4n) is 4.10. The van der Waals surface area contributed by atoms with Gasteiger partial charge >= 0.3 is 0 Å². The Labute approximate surface area is 175 Å². The van der Waals surface area contributed by atoms with Crippen molar-refractivity contribution in [3.63, 3.8) is 0 Å². The Morgan fingerprint density at radius 1 is 1.27 bits per heavy atom. The van der Waals surface area contributed by atoms with Crippen molar-refractivity contribution in [1.82, 2.24) is 14.9 Å². The number of hydrogen-bond acceptors (Lipinski definition) is 4. The number of nitrogens with zero attached hydrogens (tertiary/aromatic N) is 2. The number of guanidine groups is 1. The summed E-state index contributed by atoms with van der Waals surface area (Å²) in [4.78, 5) is 4.50. The molecule has 1 aliphatic heterocycles. The zero-order chi connectivity index (χ0) is 18.7. The van der Waals surface area contributed by atoms with Crippen LogP contribution in [0, 0.1) is 11.3 Å². The third kappa shape index (κ3) is 5.02. The lowest BCUT2D eigenvalue weighted by molar-refractivity contribution is -0.106. The summed E-state index contributed by atoms with van der Waals surface area (Å²) in [6.45, 7) is 13.0. The highest BCUT2D eigenvalue weighted by Gasteiger charge is 2.59. The van der Waals surface area contributed by atoms with Gasteiger partial charge in [0, 0.05) is 43.6 Å². The average molecular weight is 502 g/mol. The normalized spacial score (nSPS) is 27.5. The second kappa shape index (κ2) is 9.88. The maximum Gasteiger partial charge on any atom is 0.215 e. The highest BCUT2D eigenvalue weighted by Crippen LogP contribution is 2.52. The molecule has 3 unspecified atom stereocenters. The summed E-state index contributed by atoms with van der Waals surface area (Å²) >= 11 is 0. The first-order valence-electron chi connectivity index (χ1n) is 9.42. The molecule has 0 amide bonds. The fourth-order valence-corrected chi connectivity index (χ4v) is 5.47. The number of rotatable bonds is 8. The van der Waals surface area contributed by atoms with Crippen LogP contribution in [-0.4, -0.2) is 69.4 Å². The largest absolute Gasteiger partial charge is 0.377 e. The van der Waals surface area contributed by atoms with Crippen molar-refractivity contribution in [3.8, 4) is 0 Å². The van der Waals surface area contributed by atoms with Crippen molar-refractivity contribution in [2.75, 3.05) is 38.5 Å². The van der Waals surface area contributed by atoms with Crippen molar-refractivity contribution in [3.05, 3.63) is 0 Å². The fraction of sp³-hybridized carbons (Fsp3) is 0.941. The summed E-state index contributed by atoms with van der Waals surface area (Å²) in [5.41, 5.74) is 0.0602. The van der Waals surface area contributed by atoms with Crippen LogP contribution in [-0.2, 0) is 14.8 Å². The van der Waals surface area contributed by atoms with Crippen molar-refractivity contribution in [1.29, 1.82) is 0 Å². The van der Waals surface area contributed by atoms with Crippen molar-refractivity contribution in [2.45, 2.75) is 53.2 Å². The Bertz CT molecular complexity index is 579. The van der Waals surface area contributed by atoms with Gasteiger partial charge in [0.25, 0.3) is 0 Å². The number of hydrogen-bond donors (Lipinski definition) is 2. The quantitative estimate of drug-likeness (QED) is 0.300. The Morgan fingerprint density at radius 3 is 2.50 bits per heavy atom. The smallest absolute Gasteiger partial charge is 0.215 e. The standard InChI is InChI=1S/C17H34N4O3S.HI/c1-6-18-16(19-10-12-25(22,23)21(7-2)8-3)20-14-13-9-11-24-15(13)17(14,4)5;/h13-15H,6-12H2,1-5H3,(H2,18,19,20);1H. The first kappa shape index (κ1) is 23.9. The lowest BCUT2D eigenvalue weighted by Crippen LogP contribution is -2.68. The minimum absolute atomic E-state index is 0. The molecule has 1 saturated heterocycles. The highest BCUT2D eigenvalue weighted by molar-refractivity contribution is 14.0. The first-order valence-corrected chi connectivity index (χ1v) is 11.0. The first-order chi connectivity index (χ1) is 11.8. The molecule has 2 aliphatic rings. The van der Waals surface area contributed by atoms with Crippen LogP contribution in [0.3, 0.4) is 0 Å². The molecule has 154 valence electrons. The van der Waals surface area contributed by atoms with Crippen LogP contribution in [0.15, 0.2) is 4.99 Å². The molecule has 0 aromatic heterocycles. The summed E-state index contributed by atoms with van der Waals surface area (Å²) < 4.78 is 31.9. The monoisotopic (exact) mass is 502 g/mol. The van der Waals surface area contributed by atoms with Crippen molar-refractivity contribution >= 4 is 40.0 Å². The Kier molecular flexibility index (Phi) is 9.09. The maximum atomic E-state index is 12.3. The summed E-state index contributed by atoms with van der Waals surface area (Å²) in [6, 6.07) is 0.303. The molecule has 26 heavy (non-hydrogen) atoms. The van der Waals surface area contributed by atoms with Crippen molar-refractivity contribution in [2.24, 2.45) is 16.3 Å². The van der Waals surface area contributed by atoms with Crippen LogP contribution in [0.4, 0.5) is 0 Å². The van der Waals surface area contributed by atoms with E-state index in [0.717, 1.165) is 19.6 Å². The lowest BCUT2D eigenvalue weighted by atomic mass is 9.57. The van der Waals surface area contributed by atoms with Gasteiger partial charge in [-0.15, -0.1) is 24.0 Å². The lowest BCUT2D eigenvalue weighted by Gasteiger charge is -2.54. The minimum Gasteiger partial charge on any atom is -0.377 e. The molecule has 2 fully saturated rings. The van der Waals surface area contributed by atoms with Gasteiger partial charge < -0.3 is 15.4 Å². The van der Waals surface area contributed by atoms with Gasteiger partial charge in [0.1, 0.15) is 0 Å². The van der Waals surface area contributed by atoms with E-state index >= 15 is 0 Å². The molecule has 0 aromatic rings. The Hall–Kier alpha value is -0.130. The van der Waals surface area contributed by atoms with Gasteiger partial charge in [-0.3, -0.25) is 4.99 Å². The zero-order valence-electron chi connectivity index (χ0n) is 16.6. The molecule has 2 N–H and O–H groups in total. The predicted octanol–water partition coefficient (Wildman–Crippen LogP) is 1.64. The van der Waals surface area contributed by atoms with Gasteiger partial charge in [0.2, 0.25) is 10.0 Å². The molecule has 3 atom stereocenters. The molecular formula is C17H35IN4O3S. The molecule has 2 rings (SSSR count). The number of halogens is 1.